The average Bonchev–Trinajstić information content (AvgIpc) is 3.54. The first-order valence-corrected chi connectivity index (χ1v) is 14.1. The number of benzene rings is 1. The fourth-order valence-corrected chi connectivity index (χ4v) is 6.24. The maximum Gasteiger partial charge on any atom is 0.306 e. The smallest absolute Gasteiger partial charge is 0.306 e. The van der Waals surface area contributed by atoms with Crippen LogP contribution in [0.3, 0.4) is 0 Å². The number of carbonyl (C=O) groups excluding carboxylic acids is 1. The van der Waals surface area contributed by atoms with Gasteiger partial charge < -0.3 is 10.0 Å². The van der Waals surface area contributed by atoms with Gasteiger partial charge in [0.2, 0.25) is 0 Å². The first-order valence-electron chi connectivity index (χ1n) is 13.3. The van der Waals surface area contributed by atoms with Crippen molar-refractivity contribution in [2.24, 2.45) is 5.92 Å². The molecule has 2 aliphatic rings. The third-order valence-electron chi connectivity index (χ3n) is 7.76. The van der Waals surface area contributed by atoms with Crippen molar-refractivity contribution in [1.82, 2.24) is 19.9 Å². The topological polar surface area (TPSA) is 112 Å². The lowest BCUT2D eigenvalue weighted by atomic mass is 9.97. The van der Waals surface area contributed by atoms with Crippen molar-refractivity contribution in [1.29, 1.82) is 0 Å². The van der Waals surface area contributed by atoms with Gasteiger partial charge in [-0.05, 0) is 63.3 Å². The number of aliphatic carboxylic acids is 1. The number of nitrogens with one attached hydrogen (secondary N) is 1. The molecule has 0 radical (unpaired) electrons. The number of alkyl halides is 1. The summed E-state index contributed by atoms with van der Waals surface area (Å²) in [7, 11) is 0. The summed E-state index contributed by atoms with van der Waals surface area (Å²) in [6.45, 7) is 6.47. The molecule has 2 N–H and O–H groups in total. The lowest BCUT2D eigenvalue weighted by Gasteiger charge is -2.30. The molecule has 5 rings (SSSR count). The van der Waals surface area contributed by atoms with Gasteiger partial charge in [-0.1, -0.05) is 23.5 Å². The van der Waals surface area contributed by atoms with Gasteiger partial charge in [-0.3, -0.25) is 19.8 Å². The van der Waals surface area contributed by atoms with E-state index in [1.165, 1.54) is 17.5 Å². The number of carbonyl (C=O) groups is 2. The number of amides is 1. The zero-order chi connectivity index (χ0) is 27.5. The maximum atomic E-state index is 13.6. The second kappa shape index (κ2) is 11.7. The Hall–Kier alpha value is -3.44. The fraction of sp³-hybridized carbons (Fsp3) is 0.464. The standard InChI is InChI=1S/C28H33FN6O3S/c1-17-5-6-20(12-21(17)13-29)25-23(16-35-9-3-4-18(35)2)39-28(32-25)33-26(36)22-14-31-24(15-30-22)34-10-7-19(8-11-34)27(37)38/h5-6,12,14-15,18-19H,3-4,7-11,13,16H2,1-2H3,(H,37,38)(H,32,33,36)/t18-/m1/s1. The Morgan fingerprint density at radius 2 is 1.95 bits per heavy atom. The number of aryl methyl sites for hydroxylation is 1. The molecule has 0 saturated carbocycles. The predicted molar refractivity (Wildman–Crippen MR) is 149 cm³/mol. The Kier molecular flexibility index (Phi) is 8.18. The minimum Gasteiger partial charge on any atom is -0.481 e. The van der Waals surface area contributed by atoms with E-state index in [0.717, 1.165) is 47.6 Å². The molecule has 39 heavy (non-hydrogen) atoms. The molecule has 4 heterocycles. The van der Waals surface area contributed by atoms with Crippen LogP contribution in [0.1, 0.15) is 59.1 Å². The highest BCUT2D eigenvalue weighted by Gasteiger charge is 2.26. The first-order chi connectivity index (χ1) is 18.8. The van der Waals surface area contributed by atoms with Crippen LogP contribution < -0.4 is 10.2 Å². The SMILES string of the molecule is Cc1ccc(-c2nc(NC(=O)c3cnc(N4CCC(C(=O)O)CC4)cn3)sc2CN2CCC[C@H]2C)cc1CF. The van der Waals surface area contributed by atoms with E-state index in [2.05, 4.69) is 27.1 Å². The van der Waals surface area contributed by atoms with Gasteiger partial charge in [0.05, 0.1) is 24.0 Å². The highest BCUT2D eigenvalue weighted by Crippen LogP contribution is 2.35. The van der Waals surface area contributed by atoms with E-state index in [1.807, 2.05) is 30.0 Å². The molecule has 2 saturated heterocycles. The third-order valence-corrected chi connectivity index (χ3v) is 8.72. The molecule has 0 aliphatic carbocycles. The Labute approximate surface area is 231 Å². The number of aromatic nitrogens is 3. The van der Waals surface area contributed by atoms with Crippen molar-refractivity contribution in [3.8, 4) is 11.3 Å². The summed E-state index contributed by atoms with van der Waals surface area (Å²) in [6.07, 6.45) is 6.40. The minimum absolute atomic E-state index is 0.167. The molecule has 0 unspecified atom stereocenters. The van der Waals surface area contributed by atoms with Gasteiger partial charge in [-0.2, -0.15) is 0 Å². The molecule has 1 amide bonds. The van der Waals surface area contributed by atoms with Crippen molar-refractivity contribution in [2.45, 2.75) is 58.8 Å². The van der Waals surface area contributed by atoms with Crippen LogP contribution in [-0.2, 0) is 18.0 Å². The number of likely N-dealkylation sites (tertiary alicyclic amines) is 1. The zero-order valence-electron chi connectivity index (χ0n) is 22.2. The van der Waals surface area contributed by atoms with Crippen molar-refractivity contribution >= 4 is 34.2 Å². The quantitative estimate of drug-likeness (QED) is 0.405. The number of rotatable bonds is 8. The number of halogens is 1. The Bertz CT molecular complexity index is 1340. The summed E-state index contributed by atoms with van der Waals surface area (Å²) in [5.41, 5.74) is 3.29. The van der Waals surface area contributed by atoms with Gasteiger partial charge >= 0.3 is 5.97 Å². The van der Waals surface area contributed by atoms with Gasteiger partial charge in [0, 0.05) is 36.1 Å². The van der Waals surface area contributed by atoms with E-state index < -0.39 is 18.6 Å². The minimum atomic E-state index is -0.763. The molecule has 1 atom stereocenters. The number of nitrogens with zero attached hydrogens (tertiary/aromatic N) is 5. The molecule has 2 fully saturated rings. The summed E-state index contributed by atoms with van der Waals surface area (Å²) in [5.74, 6) is -0.878. The molecule has 0 bridgehead atoms. The van der Waals surface area contributed by atoms with Crippen LogP contribution in [0, 0.1) is 12.8 Å². The molecule has 2 aliphatic heterocycles. The fourth-order valence-electron chi connectivity index (χ4n) is 5.23. The highest BCUT2D eigenvalue weighted by atomic mass is 32.1. The molecule has 206 valence electrons. The average molecular weight is 553 g/mol. The van der Waals surface area contributed by atoms with Crippen molar-refractivity contribution < 1.29 is 19.1 Å². The van der Waals surface area contributed by atoms with E-state index in [-0.39, 0.29) is 11.6 Å². The van der Waals surface area contributed by atoms with E-state index in [4.69, 9.17) is 4.98 Å². The Morgan fingerprint density at radius 1 is 1.15 bits per heavy atom. The summed E-state index contributed by atoms with van der Waals surface area (Å²) in [6, 6.07) is 6.18. The van der Waals surface area contributed by atoms with Crippen molar-refractivity contribution in [2.75, 3.05) is 29.9 Å². The lowest BCUT2D eigenvalue weighted by molar-refractivity contribution is -0.142. The number of anilines is 2. The summed E-state index contributed by atoms with van der Waals surface area (Å²) >= 11 is 1.43. The molecule has 11 heteroatoms. The Balaban J connectivity index is 1.33. The summed E-state index contributed by atoms with van der Waals surface area (Å²) in [5, 5.41) is 12.5. The van der Waals surface area contributed by atoms with Crippen LogP contribution in [0.5, 0.6) is 0 Å². The van der Waals surface area contributed by atoms with Crippen LogP contribution in [0.2, 0.25) is 0 Å². The summed E-state index contributed by atoms with van der Waals surface area (Å²) in [4.78, 5) is 43.1. The van der Waals surface area contributed by atoms with Gasteiger partial charge in [-0.15, -0.1) is 0 Å². The number of thiazole rings is 1. The predicted octanol–water partition coefficient (Wildman–Crippen LogP) is 4.92. The molecule has 1 aromatic carbocycles. The maximum absolute atomic E-state index is 13.6. The molecule has 0 spiro atoms. The van der Waals surface area contributed by atoms with E-state index >= 15 is 0 Å². The molecule has 3 aromatic rings. The molecular weight excluding hydrogens is 519 g/mol. The van der Waals surface area contributed by atoms with E-state index in [1.54, 1.807) is 6.20 Å². The van der Waals surface area contributed by atoms with Gasteiger partial charge in [0.1, 0.15) is 18.2 Å². The first kappa shape index (κ1) is 27.1. The largest absolute Gasteiger partial charge is 0.481 e. The van der Waals surface area contributed by atoms with E-state index in [0.29, 0.717) is 48.5 Å². The van der Waals surface area contributed by atoms with Crippen LogP contribution in [-0.4, -0.2) is 62.5 Å². The van der Waals surface area contributed by atoms with Gasteiger partial charge in [0.15, 0.2) is 5.13 Å². The number of carboxylic acids is 1. The van der Waals surface area contributed by atoms with Crippen molar-refractivity contribution in [3.63, 3.8) is 0 Å². The number of carboxylic acid groups (broad SMARTS) is 1. The Morgan fingerprint density at radius 3 is 2.59 bits per heavy atom. The highest BCUT2D eigenvalue weighted by molar-refractivity contribution is 7.16. The molecular formula is C28H33FN6O3S. The number of hydrogen-bond donors (Lipinski definition) is 2. The zero-order valence-corrected chi connectivity index (χ0v) is 23.0. The van der Waals surface area contributed by atoms with Crippen LogP contribution >= 0.6 is 11.3 Å². The second-order valence-corrected chi connectivity index (χ2v) is 11.4. The second-order valence-electron chi connectivity index (χ2n) is 10.3. The molecule has 9 nitrogen and oxygen atoms in total. The van der Waals surface area contributed by atoms with Crippen LogP contribution in [0.25, 0.3) is 11.3 Å². The normalized spacial score (nSPS) is 18.4. The van der Waals surface area contributed by atoms with Crippen molar-refractivity contribution in [3.05, 3.63) is 52.3 Å². The number of piperidine rings is 1. The van der Waals surface area contributed by atoms with E-state index in [9.17, 15) is 19.1 Å². The van der Waals surface area contributed by atoms with Crippen LogP contribution in [0.4, 0.5) is 15.3 Å². The van der Waals surface area contributed by atoms with Crippen LogP contribution in [0.15, 0.2) is 30.6 Å². The third kappa shape index (κ3) is 6.09. The lowest BCUT2D eigenvalue weighted by Crippen LogP contribution is -2.36. The molecule has 2 aromatic heterocycles. The monoisotopic (exact) mass is 552 g/mol. The van der Waals surface area contributed by atoms with Gasteiger partial charge in [0.25, 0.3) is 5.91 Å². The summed E-state index contributed by atoms with van der Waals surface area (Å²) < 4.78 is 13.6. The van der Waals surface area contributed by atoms with Gasteiger partial charge in [-0.25, -0.2) is 19.3 Å². The number of hydrogen-bond acceptors (Lipinski definition) is 8.